The number of halogens is 2. The van der Waals surface area contributed by atoms with Crippen LogP contribution in [0.2, 0.25) is 5.02 Å². The number of carbonyl (C=O) groups is 1. The van der Waals surface area contributed by atoms with E-state index >= 15 is 0 Å². The third-order valence-corrected chi connectivity index (χ3v) is 4.93. The summed E-state index contributed by atoms with van der Waals surface area (Å²) < 4.78 is 20.7. The Morgan fingerprint density at radius 3 is 2.66 bits per heavy atom. The summed E-state index contributed by atoms with van der Waals surface area (Å²) in [5.41, 5.74) is 2.45. The number of nitrogens with zero attached hydrogens (tertiary/aromatic N) is 2. The van der Waals surface area contributed by atoms with Crippen molar-refractivity contribution in [1.29, 1.82) is 0 Å². The predicted octanol–water partition coefficient (Wildman–Crippen LogP) is 5.01. The summed E-state index contributed by atoms with van der Waals surface area (Å²) in [6, 6.07) is 17.4. The van der Waals surface area contributed by atoms with Crippen molar-refractivity contribution in [2.45, 2.75) is 19.5 Å². The van der Waals surface area contributed by atoms with Crippen molar-refractivity contribution in [2.75, 3.05) is 20.3 Å². The van der Waals surface area contributed by atoms with Crippen molar-refractivity contribution in [3.63, 3.8) is 0 Å². The number of methoxy groups -OCH3 is 1. The van der Waals surface area contributed by atoms with Gasteiger partial charge in [0.1, 0.15) is 5.82 Å². The first-order valence-electron chi connectivity index (χ1n) is 9.49. The smallest absolute Gasteiger partial charge is 0.254 e. The number of amides is 1. The van der Waals surface area contributed by atoms with Crippen LogP contribution in [0, 0.1) is 5.82 Å². The quantitative estimate of drug-likeness (QED) is 0.461. The molecule has 1 aromatic heterocycles. The average molecular weight is 415 g/mol. The maximum atomic E-state index is 13.5. The number of ether oxygens (including phenoxy) is 1. The number of hydrogen-bond donors (Lipinski definition) is 0. The molecular formula is C23H24ClFN2O2. The van der Waals surface area contributed by atoms with Crippen molar-refractivity contribution in [2.24, 2.45) is 0 Å². The minimum absolute atomic E-state index is 0.0590. The molecule has 3 aromatic rings. The van der Waals surface area contributed by atoms with Gasteiger partial charge in [-0.25, -0.2) is 4.39 Å². The van der Waals surface area contributed by atoms with E-state index in [1.807, 2.05) is 29.0 Å². The van der Waals surface area contributed by atoms with Crippen molar-refractivity contribution < 1.29 is 13.9 Å². The lowest BCUT2D eigenvalue weighted by atomic mass is 10.2. The maximum absolute atomic E-state index is 13.5. The molecule has 0 aliphatic carbocycles. The molecule has 0 bridgehead atoms. The molecule has 0 unspecified atom stereocenters. The highest BCUT2D eigenvalue weighted by atomic mass is 35.5. The molecule has 152 valence electrons. The van der Waals surface area contributed by atoms with Gasteiger partial charge < -0.3 is 14.2 Å². The van der Waals surface area contributed by atoms with Crippen LogP contribution in [0.4, 0.5) is 4.39 Å². The normalized spacial score (nSPS) is 10.9. The second kappa shape index (κ2) is 10.2. The molecule has 0 spiro atoms. The average Bonchev–Trinajstić information content (AvgIpc) is 3.14. The topological polar surface area (TPSA) is 34.5 Å². The van der Waals surface area contributed by atoms with Crippen molar-refractivity contribution in [1.82, 2.24) is 9.47 Å². The van der Waals surface area contributed by atoms with Crippen LogP contribution in [0.25, 0.3) is 0 Å². The fraction of sp³-hybridized carbons (Fsp3) is 0.261. The van der Waals surface area contributed by atoms with Gasteiger partial charge in [-0.2, -0.15) is 0 Å². The summed E-state index contributed by atoms with van der Waals surface area (Å²) in [4.78, 5) is 14.9. The van der Waals surface area contributed by atoms with E-state index in [2.05, 4.69) is 0 Å². The van der Waals surface area contributed by atoms with Crippen LogP contribution >= 0.6 is 11.6 Å². The van der Waals surface area contributed by atoms with E-state index in [0.29, 0.717) is 36.8 Å². The summed E-state index contributed by atoms with van der Waals surface area (Å²) in [6.07, 6.45) is 2.68. The van der Waals surface area contributed by atoms with E-state index in [1.165, 1.54) is 12.1 Å². The predicted molar refractivity (Wildman–Crippen MR) is 113 cm³/mol. The molecule has 1 amide bonds. The van der Waals surface area contributed by atoms with E-state index in [9.17, 15) is 9.18 Å². The highest BCUT2D eigenvalue weighted by molar-refractivity contribution is 6.30. The first-order chi connectivity index (χ1) is 14.1. The van der Waals surface area contributed by atoms with Crippen molar-refractivity contribution in [3.05, 3.63) is 94.5 Å². The van der Waals surface area contributed by atoms with E-state index < -0.39 is 0 Å². The molecule has 0 radical (unpaired) electrons. The lowest BCUT2D eigenvalue weighted by Gasteiger charge is -2.24. The summed E-state index contributed by atoms with van der Waals surface area (Å²) in [6.45, 7) is 2.14. The molecule has 0 atom stereocenters. The summed E-state index contributed by atoms with van der Waals surface area (Å²) in [5, 5.41) is 0.594. The molecule has 3 rings (SSSR count). The number of carbonyl (C=O) groups excluding carboxylic acids is 1. The highest BCUT2D eigenvalue weighted by Gasteiger charge is 2.17. The number of benzene rings is 2. The molecule has 6 heteroatoms. The third kappa shape index (κ3) is 5.92. The molecule has 4 nitrogen and oxygen atoms in total. The van der Waals surface area contributed by atoms with Gasteiger partial charge in [0, 0.05) is 49.3 Å². The Morgan fingerprint density at radius 2 is 1.93 bits per heavy atom. The van der Waals surface area contributed by atoms with Crippen LogP contribution in [-0.2, 0) is 17.8 Å². The Morgan fingerprint density at radius 1 is 1.14 bits per heavy atom. The molecule has 29 heavy (non-hydrogen) atoms. The zero-order valence-corrected chi connectivity index (χ0v) is 17.1. The first kappa shape index (κ1) is 21.1. The highest BCUT2D eigenvalue weighted by Crippen LogP contribution is 2.16. The molecule has 0 fully saturated rings. The van der Waals surface area contributed by atoms with Crippen LogP contribution in [0.3, 0.4) is 0 Å². The van der Waals surface area contributed by atoms with E-state index in [0.717, 1.165) is 17.7 Å². The standard InChI is InChI=1S/C23H24ClFN2O2/c1-29-14-4-13-27(23(28)19-8-10-20(24)11-9-19)17-22-7-3-12-26(22)16-18-5-2-6-21(25)15-18/h2-3,5-12,15H,4,13-14,16-17H2,1H3. The molecule has 2 aromatic carbocycles. The van der Waals surface area contributed by atoms with Gasteiger partial charge in [-0.05, 0) is 60.5 Å². The SMILES string of the molecule is COCCCN(Cc1cccn1Cc1cccc(F)c1)C(=O)c1ccc(Cl)cc1. The monoisotopic (exact) mass is 414 g/mol. The van der Waals surface area contributed by atoms with Crippen molar-refractivity contribution >= 4 is 17.5 Å². The largest absolute Gasteiger partial charge is 0.385 e. The Labute approximate surface area is 175 Å². The zero-order valence-electron chi connectivity index (χ0n) is 16.4. The fourth-order valence-corrected chi connectivity index (χ4v) is 3.33. The first-order valence-corrected chi connectivity index (χ1v) is 9.87. The Kier molecular flexibility index (Phi) is 7.44. The van der Waals surface area contributed by atoms with Crippen LogP contribution in [-0.4, -0.2) is 35.6 Å². The molecule has 0 aliphatic heterocycles. The van der Waals surface area contributed by atoms with Gasteiger partial charge in [-0.1, -0.05) is 23.7 Å². The van der Waals surface area contributed by atoms with E-state index in [-0.39, 0.29) is 11.7 Å². The van der Waals surface area contributed by atoms with E-state index in [4.69, 9.17) is 16.3 Å². The van der Waals surface area contributed by atoms with Gasteiger partial charge in [0.15, 0.2) is 0 Å². The second-order valence-electron chi connectivity index (χ2n) is 6.84. The van der Waals surface area contributed by atoms with Gasteiger partial charge in [0.2, 0.25) is 0 Å². The van der Waals surface area contributed by atoms with Gasteiger partial charge in [0.05, 0.1) is 6.54 Å². The molecule has 0 saturated carbocycles. The number of aromatic nitrogens is 1. The zero-order chi connectivity index (χ0) is 20.6. The lowest BCUT2D eigenvalue weighted by Crippen LogP contribution is -2.33. The van der Waals surface area contributed by atoms with E-state index in [1.54, 1.807) is 42.3 Å². The van der Waals surface area contributed by atoms with Crippen LogP contribution in [0.5, 0.6) is 0 Å². The van der Waals surface area contributed by atoms with Gasteiger partial charge in [-0.3, -0.25) is 4.79 Å². The summed E-state index contributed by atoms with van der Waals surface area (Å²) in [5.74, 6) is -0.313. The Hall–Kier alpha value is -2.63. The number of rotatable bonds is 9. The van der Waals surface area contributed by atoms with Gasteiger partial charge >= 0.3 is 0 Å². The van der Waals surface area contributed by atoms with Crippen LogP contribution in [0.15, 0.2) is 66.9 Å². The van der Waals surface area contributed by atoms with Crippen LogP contribution < -0.4 is 0 Å². The van der Waals surface area contributed by atoms with Crippen LogP contribution in [0.1, 0.15) is 28.0 Å². The molecule has 0 saturated heterocycles. The van der Waals surface area contributed by atoms with Crippen molar-refractivity contribution in [3.8, 4) is 0 Å². The minimum Gasteiger partial charge on any atom is -0.385 e. The maximum Gasteiger partial charge on any atom is 0.254 e. The Balaban J connectivity index is 1.78. The molecule has 0 aliphatic rings. The third-order valence-electron chi connectivity index (χ3n) is 4.67. The van der Waals surface area contributed by atoms with Gasteiger partial charge in [-0.15, -0.1) is 0 Å². The molecule has 1 heterocycles. The lowest BCUT2D eigenvalue weighted by molar-refractivity contribution is 0.0720. The second-order valence-corrected chi connectivity index (χ2v) is 7.27. The molecular weight excluding hydrogens is 391 g/mol. The summed E-state index contributed by atoms with van der Waals surface area (Å²) >= 11 is 5.95. The number of hydrogen-bond acceptors (Lipinski definition) is 2. The fourth-order valence-electron chi connectivity index (χ4n) is 3.20. The Bertz CT molecular complexity index is 940. The van der Waals surface area contributed by atoms with Gasteiger partial charge in [0.25, 0.3) is 5.91 Å². The minimum atomic E-state index is -0.254. The summed E-state index contributed by atoms with van der Waals surface area (Å²) in [7, 11) is 1.65. The molecule has 0 N–H and O–H groups in total.